The number of benzene rings is 2. The fourth-order valence-corrected chi connectivity index (χ4v) is 1.69. The average Bonchev–Trinajstić information content (AvgIpc) is 2.50. The molecule has 0 spiro atoms. The Bertz CT molecular complexity index is 630. The molecule has 6 heteroatoms. The van der Waals surface area contributed by atoms with Crippen molar-refractivity contribution < 1.29 is 18.3 Å². The largest absolute Gasteiger partial charge is 0.497 e. The SMILES string of the molecule is COc1ccc(CNC(=O)Nc2cccc(F)c2F)cc1. The first-order chi connectivity index (χ1) is 10.1. The number of hydrogen-bond donors (Lipinski definition) is 2. The summed E-state index contributed by atoms with van der Waals surface area (Å²) in [5.41, 5.74) is 0.646. The molecular weight excluding hydrogens is 278 g/mol. The topological polar surface area (TPSA) is 50.4 Å². The number of urea groups is 1. The number of hydrogen-bond acceptors (Lipinski definition) is 2. The molecule has 2 N–H and O–H groups in total. The van der Waals surface area contributed by atoms with Gasteiger partial charge in [0, 0.05) is 6.54 Å². The molecule has 0 saturated carbocycles. The average molecular weight is 292 g/mol. The normalized spacial score (nSPS) is 10.0. The van der Waals surface area contributed by atoms with Gasteiger partial charge in [-0.1, -0.05) is 18.2 Å². The highest BCUT2D eigenvalue weighted by Gasteiger charge is 2.10. The Hall–Kier alpha value is -2.63. The van der Waals surface area contributed by atoms with E-state index in [0.29, 0.717) is 5.75 Å². The number of methoxy groups -OCH3 is 1. The van der Waals surface area contributed by atoms with Gasteiger partial charge in [-0.25, -0.2) is 13.6 Å². The van der Waals surface area contributed by atoms with Crippen molar-refractivity contribution in [1.29, 1.82) is 0 Å². The third kappa shape index (κ3) is 3.92. The Labute approximate surface area is 120 Å². The lowest BCUT2D eigenvalue weighted by Crippen LogP contribution is -2.28. The Morgan fingerprint density at radius 3 is 2.52 bits per heavy atom. The van der Waals surface area contributed by atoms with Crippen LogP contribution in [0.4, 0.5) is 19.3 Å². The van der Waals surface area contributed by atoms with Crippen molar-refractivity contribution in [3.05, 3.63) is 59.7 Å². The van der Waals surface area contributed by atoms with Crippen LogP contribution in [-0.4, -0.2) is 13.1 Å². The van der Waals surface area contributed by atoms with Crippen molar-refractivity contribution >= 4 is 11.7 Å². The van der Waals surface area contributed by atoms with Gasteiger partial charge in [-0.3, -0.25) is 0 Å². The molecule has 0 fully saturated rings. The number of anilines is 1. The van der Waals surface area contributed by atoms with Gasteiger partial charge in [-0.05, 0) is 29.8 Å². The third-order valence-electron chi connectivity index (χ3n) is 2.81. The molecular formula is C15H14F2N2O2. The molecule has 110 valence electrons. The van der Waals surface area contributed by atoms with Crippen LogP contribution >= 0.6 is 0 Å². The highest BCUT2D eigenvalue weighted by atomic mass is 19.2. The minimum Gasteiger partial charge on any atom is -0.497 e. The van der Waals surface area contributed by atoms with E-state index < -0.39 is 17.7 Å². The number of nitrogens with one attached hydrogen (secondary N) is 2. The number of amides is 2. The van der Waals surface area contributed by atoms with Crippen LogP contribution in [0.5, 0.6) is 5.75 Å². The monoisotopic (exact) mass is 292 g/mol. The molecule has 2 rings (SSSR count). The number of ether oxygens (including phenoxy) is 1. The van der Waals surface area contributed by atoms with Crippen LogP contribution in [0.3, 0.4) is 0 Å². The van der Waals surface area contributed by atoms with Crippen molar-refractivity contribution in [2.45, 2.75) is 6.54 Å². The fraction of sp³-hybridized carbons (Fsp3) is 0.133. The molecule has 0 radical (unpaired) electrons. The van der Waals surface area contributed by atoms with Gasteiger partial charge < -0.3 is 15.4 Å². The van der Waals surface area contributed by atoms with Gasteiger partial charge >= 0.3 is 6.03 Å². The summed E-state index contributed by atoms with van der Waals surface area (Å²) in [5, 5.41) is 4.81. The Morgan fingerprint density at radius 1 is 1.14 bits per heavy atom. The maximum absolute atomic E-state index is 13.4. The van der Waals surface area contributed by atoms with E-state index in [9.17, 15) is 13.6 Å². The minimum atomic E-state index is -1.09. The number of carbonyl (C=O) groups is 1. The minimum absolute atomic E-state index is 0.206. The standard InChI is InChI=1S/C15H14F2N2O2/c1-21-11-7-5-10(6-8-11)9-18-15(20)19-13-4-2-3-12(16)14(13)17/h2-8H,9H2,1H3,(H2,18,19,20). The second-order valence-electron chi connectivity index (χ2n) is 4.26. The van der Waals surface area contributed by atoms with Gasteiger partial charge in [0.2, 0.25) is 0 Å². The Kier molecular flexibility index (Phi) is 4.71. The summed E-state index contributed by atoms with van der Waals surface area (Å²) in [4.78, 5) is 11.6. The van der Waals surface area contributed by atoms with E-state index in [2.05, 4.69) is 10.6 Å². The summed E-state index contributed by atoms with van der Waals surface area (Å²) < 4.78 is 31.4. The zero-order valence-corrected chi connectivity index (χ0v) is 11.3. The summed E-state index contributed by atoms with van der Waals surface area (Å²) in [6, 6.07) is 10.1. The van der Waals surface area contributed by atoms with E-state index in [1.807, 2.05) is 0 Å². The lowest BCUT2D eigenvalue weighted by atomic mass is 10.2. The van der Waals surface area contributed by atoms with E-state index in [1.165, 1.54) is 12.1 Å². The van der Waals surface area contributed by atoms with Crippen molar-refractivity contribution in [3.8, 4) is 5.75 Å². The summed E-state index contributed by atoms with van der Waals surface area (Å²) >= 11 is 0. The van der Waals surface area contributed by atoms with Crippen LogP contribution in [-0.2, 0) is 6.54 Å². The molecule has 0 unspecified atom stereocenters. The number of carbonyl (C=O) groups excluding carboxylic acids is 1. The third-order valence-corrected chi connectivity index (χ3v) is 2.81. The van der Waals surface area contributed by atoms with Gasteiger partial charge in [0.1, 0.15) is 5.75 Å². The van der Waals surface area contributed by atoms with Gasteiger partial charge in [0.05, 0.1) is 12.8 Å². The van der Waals surface area contributed by atoms with Crippen LogP contribution in [0, 0.1) is 11.6 Å². The van der Waals surface area contributed by atoms with Crippen LogP contribution < -0.4 is 15.4 Å². The van der Waals surface area contributed by atoms with Gasteiger partial charge in [-0.15, -0.1) is 0 Å². The molecule has 2 aromatic carbocycles. The lowest BCUT2D eigenvalue weighted by Gasteiger charge is -2.09. The van der Waals surface area contributed by atoms with Gasteiger partial charge in [0.15, 0.2) is 11.6 Å². The fourth-order valence-electron chi connectivity index (χ4n) is 1.69. The molecule has 0 aliphatic heterocycles. The van der Waals surface area contributed by atoms with Crippen molar-refractivity contribution in [2.24, 2.45) is 0 Å². The first kappa shape index (κ1) is 14.8. The van der Waals surface area contributed by atoms with E-state index in [1.54, 1.807) is 31.4 Å². The first-order valence-corrected chi connectivity index (χ1v) is 6.22. The predicted octanol–water partition coefficient (Wildman–Crippen LogP) is 3.30. The zero-order valence-electron chi connectivity index (χ0n) is 11.3. The Morgan fingerprint density at radius 2 is 1.86 bits per heavy atom. The predicted molar refractivity (Wildman–Crippen MR) is 75.2 cm³/mol. The van der Waals surface area contributed by atoms with E-state index in [0.717, 1.165) is 11.6 Å². The van der Waals surface area contributed by atoms with E-state index in [-0.39, 0.29) is 12.2 Å². The first-order valence-electron chi connectivity index (χ1n) is 6.22. The van der Waals surface area contributed by atoms with Gasteiger partial charge in [-0.2, -0.15) is 0 Å². The molecule has 0 aromatic heterocycles. The molecule has 2 amide bonds. The Balaban J connectivity index is 1.91. The highest BCUT2D eigenvalue weighted by molar-refractivity contribution is 5.89. The van der Waals surface area contributed by atoms with Crippen LogP contribution in [0.25, 0.3) is 0 Å². The summed E-state index contributed by atoms with van der Waals surface area (Å²) in [6.45, 7) is 0.257. The molecule has 0 heterocycles. The lowest BCUT2D eigenvalue weighted by molar-refractivity contribution is 0.251. The molecule has 0 aliphatic carbocycles. The maximum atomic E-state index is 13.4. The number of halogens is 2. The zero-order chi connectivity index (χ0) is 15.2. The van der Waals surface area contributed by atoms with Crippen LogP contribution in [0.15, 0.2) is 42.5 Å². The highest BCUT2D eigenvalue weighted by Crippen LogP contribution is 2.16. The van der Waals surface area contributed by atoms with Crippen molar-refractivity contribution in [1.82, 2.24) is 5.32 Å². The molecule has 21 heavy (non-hydrogen) atoms. The van der Waals surface area contributed by atoms with Crippen molar-refractivity contribution in [3.63, 3.8) is 0 Å². The maximum Gasteiger partial charge on any atom is 0.319 e. The van der Waals surface area contributed by atoms with Gasteiger partial charge in [0.25, 0.3) is 0 Å². The van der Waals surface area contributed by atoms with E-state index >= 15 is 0 Å². The molecule has 0 aliphatic rings. The second-order valence-corrected chi connectivity index (χ2v) is 4.26. The molecule has 0 atom stereocenters. The quantitative estimate of drug-likeness (QED) is 0.908. The second kappa shape index (κ2) is 6.69. The molecule has 4 nitrogen and oxygen atoms in total. The van der Waals surface area contributed by atoms with Crippen LogP contribution in [0.1, 0.15) is 5.56 Å². The molecule has 2 aromatic rings. The van der Waals surface area contributed by atoms with E-state index in [4.69, 9.17) is 4.74 Å². The number of rotatable bonds is 4. The molecule has 0 saturated heterocycles. The van der Waals surface area contributed by atoms with Crippen molar-refractivity contribution in [2.75, 3.05) is 12.4 Å². The smallest absolute Gasteiger partial charge is 0.319 e. The van der Waals surface area contributed by atoms with Crippen LogP contribution in [0.2, 0.25) is 0 Å². The summed E-state index contributed by atoms with van der Waals surface area (Å²) in [6.07, 6.45) is 0. The summed E-state index contributed by atoms with van der Waals surface area (Å²) in [5.74, 6) is -1.38. The molecule has 0 bridgehead atoms. The summed E-state index contributed by atoms with van der Waals surface area (Å²) in [7, 11) is 1.56.